The Morgan fingerprint density at radius 3 is 2.53 bits per heavy atom. The highest BCUT2D eigenvalue weighted by molar-refractivity contribution is 9.10. The Labute approximate surface area is 126 Å². The molecule has 19 heavy (non-hydrogen) atoms. The van der Waals surface area contributed by atoms with Gasteiger partial charge in [-0.15, -0.1) is 0 Å². The van der Waals surface area contributed by atoms with Crippen LogP contribution in [0.15, 0.2) is 22.7 Å². The molecular formula is C16H26BrNO. The molecule has 0 saturated heterocycles. The van der Waals surface area contributed by atoms with Crippen LogP contribution in [0.1, 0.15) is 57.1 Å². The predicted octanol–water partition coefficient (Wildman–Crippen LogP) is 5.08. The number of benzene rings is 1. The van der Waals surface area contributed by atoms with Crippen molar-refractivity contribution in [2.75, 3.05) is 14.2 Å². The molecule has 0 saturated carbocycles. The maximum Gasteiger partial charge on any atom is 0.120 e. The Balaban J connectivity index is 2.54. The highest BCUT2D eigenvalue weighted by atomic mass is 79.9. The van der Waals surface area contributed by atoms with Crippen molar-refractivity contribution in [2.45, 2.75) is 51.5 Å². The van der Waals surface area contributed by atoms with E-state index in [0.717, 1.165) is 10.2 Å². The molecule has 0 spiro atoms. The molecule has 0 aliphatic carbocycles. The average Bonchev–Trinajstić information content (AvgIpc) is 2.43. The van der Waals surface area contributed by atoms with Gasteiger partial charge in [-0.1, -0.05) is 61.0 Å². The third-order valence-corrected chi connectivity index (χ3v) is 4.21. The third-order valence-electron chi connectivity index (χ3n) is 3.53. The fourth-order valence-electron chi connectivity index (χ4n) is 2.32. The molecule has 1 aromatic carbocycles. The van der Waals surface area contributed by atoms with Crippen LogP contribution in [-0.2, 0) is 0 Å². The lowest BCUT2D eigenvalue weighted by Gasteiger charge is -2.18. The topological polar surface area (TPSA) is 21.3 Å². The first-order chi connectivity index (χ1) is 9.22. The molecule has 0 heterocycles. The van der Waals surface area contributed by atoms with Crippen LogP contribution in [0.3, 0.4) is 0 Å². The summed E-state index contributed by atoms with van der Waals surface area (Å²) in [5, 5.41) is 3.42. The Bertz CT molecular complexity index is 368. The van der Waals surface area contributed by atoms with Crippen LogP contribution < -0.4 is 10.1 Å². The van der Waals surface area contributed by atoms with Gasteiger partial charge in [-0.05, 0) is 31.2 Å². The van der Waals surface area contributed by atoms with Crippen molar-refractivity contribution >= 4 is 15.9 Å². The summed E-state index contributed by atoms with van der Waals surface area (Å²) in [5.74, 6) is 0.897. The van der Waals surface area contributed by atoms with Crippen LogP contribution in [0.5, 0.6) is 5.75 Å². The van der Waals surface area contributed by atoms with Gasteiger partial charge in [-0.2, -0.15) is 0 Å². The van der Waals surface area contributed by atoms with Gasteiger partial charge < -0.3 is 10.1 Å². The SMILES string of the molecule is CCCCCCCC(NC)c1ccc(OC)cc1Br. The molecule has 0 aromatic heterocycles. The second-order valence-corrected chi connectivity index (χ2v) is 5.79. The lowest BCUT2D eigenvalue weighted by molar-refractivity contribution is 0.413. The van der Waals surface area contributed by atoms with E-state index in [1.54, 1.807) is 7.11 Å². The van der Waals surface area contributed by atoms with E-state index in [1.165, 1.54) is 44.1 Å². The van der Waals surface area contributed by atoms with Crippen molar-refractivity contribution in [2.24, 2.45) is 0 Å². The van der Waals surface area contributed by atoms with E-state index in [2.05, 4.69) is 34.2 Å². The normalized spacial score (nSPS) is 12.4. The zero-order valence-corrected chi connectivity index (χ0v) is 13.9. The van der Waals surface area contributed by atoms with Gasteiger partial charge in [0.1, 0.15) is 5.75 Å². The van der Waals surface area contributed by atoms with Gasteiger partial charge in [0.25, 0.3) is 0 Å². The maximum atomic E-state index is 5.24. The molecule has 1 unspecified atom stereocenters. The largest absolute Gasteiger partial charge is 0.497 e. The summed E-state index contributed by atoms with van der Waals surface area (Å²) in [6.07, 6.45) is 7.82. The van der Waals surface area contributed by atoms with E-state index in [-0.39, 0.29) is 0 Å². The number of unbranched alkanes of at least 4 members (excludes halogenated alkanes) is 4. The first kappa shape index (κ1) is 16.5. The zero-order chi connectivity index (χ0) is 14.1. The van der Waals surface area contributed by atoms with Crippen LogP contribution in [-0.4, -0.2) is 14.2 Å². The van der Waals surface area contributed by atoms with Crippen LogP contribution in [0.25, 0.3) is 0 Å². The van der Waals surface area contributed by atoms with E-state index < -0.39 is 0 Å². The first-order valence-corrected chi connectivity index (χ1v) is 8.03. The molecule has 0 aliphatic heterocycles. The zero-order valence-electron chi connectivity index (χ0n) is 12.3. The average molecular weight is 328 g/mol. The molecule has 1 aromatic rings. The van der Waals surface area contributed by atoms with Crippen molar-refractivity contribution in [1.82, 2.24) is 5.32 Å². The molecule has 1 N–H and O–H groups in total. The van der Waals surface area contributed by atoms with Crippen LogP contribution in [0.2, 0.25) is 0 Å². The highest BCUT2D eigenvalue weighted by Crippen LogP contribution is 2.30. The number of ether oxygens (including phenoxy) is 1. The molecular weight excluding hydrogens is 302 g/mol. The lowest BCUT2D eigenvalue weighted by Crippen LogP contribution is -2.16. The number of nitrogens with one attached hydrogen (secondary N) is 1. The van der Waals surface area contributed by atoms with Crippen LogP contribution >= 0.6 is 15.9 Å². The summed E-state index contributed by atoms with van der Waals surface area (Å²) >= 11 is 3.64. The number of hydrogen-bond donors (Lipinski definition) is 1. The smallest absolute Gasteiger partial charge is 0.120 e. The van der Waals surface area contributed by atoms with Crippen molar-refractivity contribution in [3.63, 3.8) is 0 Å². The first-order valence-electron chi connectivity index (χ1n) is 7.23. The third kappa shape index (κ3) is 5.53. The van der Waals surface area contributed by atoms with E-state index in [9.17, 15) is 0 Å². The van der Waals surface area contributed by atoms with Crippen LogP contribution in [0, 0.1) is 0 Å². The molecule has 0 amide bonds. The predicted molar refractivity (Wildman–Crippen MR) is 85.9 cm³/mol. The summed E-state index contributed by atoms with van der Waals surface area (Å²) in [7, 11) is 3.73. The standard InChI is InChI=1S/C16H26BrNO/c1-4-5-6-7-8-9-16(18-2)14-11-10-13(19-3)12-15(14)17/h10-12,16,18H,4-9H2,1-3H3. The Kier molecular flexibility index (Phi) is 8.15. The Morgan fingerprint density at radius 1 is 1.21 bits per heavy atom. The highest BCUT2D eigenvalue weighted by Gasteiger charge is 2.12. The fraction of sp³-hybridized carbons (Fsp3) is 0.625. The van der Waals surface area contributed by atoms with Crippen molar-refractivity contribution in [3.05, 3.63) is 28.2 Å². The number of hydrogen-bond acceptors (Lipinski definition) is 2. The monoisotopic (exact) mass is 327 g/mol. The molecule has 0 bridgehead atoms. The van der Waals surface area contributed by atoms with Crippen LogP contribution in [0.4, 0.5) is 0 Å². The second kappa shape index (κ2) is 9.38. The van der Waals surface area contributed by atoms with E-state index >= 15 is 0 Å². The lowest BCUT2D eigenvalue weighted by atomic mass is 10.00. The molecule has 1 atom stereocenters. The molecule has 3 heteroatoms. The van der Waals surface area contributed by atoms with E-state index in [1.807, 2.05) is 19.2 Å². The van der Waals surface area contributed by atoms with Gasteiger partial charge in [-0.3, -0.25) is 0 Å². The number of rotatable bonds is 9. The van der Waals surface area contributed by atoms with E-state index in [0.29, 0.717) is 6.04 Å². The number of methoxy groups -OCH3 is 1. The van der Waals surface area contributed by atoms with E-state index in [4.69, 9.17) is 4.74 Å². The Hall–Kier alpha value is -0.540. The summed E-state index contributed by atoms with van der Waals surface area (Å²) in [4.78, 5) is 0. The van der Waals surface area contributed by atoms with Gasteiger partial charge in [-0.25, -0.2) is 0 Å². The minimum absolute atomic E-state index is 0.418. The van der Waals surface area contributed by atoms with Gasteiger partial charge >= 0.3 is 0 Å². The summed E-state index contributed by atoms with van der Waals surface area (Å²) in [6, 6.07) is 6.64. The van der Waals surface area contributed by atoms with Gasteiger partial charge in [0.15, 0.2) is 0 Å². The maximum absolute atomic E-state index is 5.24. The van der Waals surface area contributed by atoms with Crippen molar-refractivity contribution in [3.8, 4) is 5.75 Å². The Morgan fingerprint density at radius 2 is 1.95 bits per heavy atom. The summed E-state index contributed by atoms with van der Waals surface area (Å²) in [5.41, 5.74) is 1.32. The van der Waals surface area contributed by atoms with Crippen molar-refractivity contribution in [1.29, 1.82) is 0 Å². The summed E-state index contributed by atoms with van der Waals surface area (Å²) < 4.78 is 6.36. The quantitative estimate of drug-likeness (QED) is 0.638. The molecule has 0 fully saturated rings. The number of halogens is 1. The molecule has 1 rings (SSSR count). The fourth-order valence-corrected chi connectivity index (χ4v) is 2.96. The van der Waals surface area contributed by atoms with Gasteiger partial charge in [0.05, 0.1) is 7.11 Å². The molecule has 0 aliphatic rings. The minimum atomic E-state index is 0.418. The van der Waals surface area contributed by atoms with Crippen molar-refractivity contribution < 1.29 is 4.74 Å². The minimum Gasteiger partial charge on any atom is -0.497 e. The summed E-state index contributed by atoms with van der Waals surface area (Å²) in [6.45, 7) is 2.25. The second-order valence-electron chi connectivity index (χ2n) is 4.93. The molecule has 108 valence electrons. The van der Waals surface area contributed by atoms with Gasteiger partial charge in [0.2, 0.25) is 0 Å². The van der Waals surface area contributed by atoms with Gasteiger partial charge in [0, 0.05) is 10.5 Å². The molecule has 2 nitrogen and oxygen atoms in total. The molecule has 0 radical (unpaired) electrons.